The van der Waals surface area contributed by atoms with Gasteiger partial charge >= 0.3 is 0 Å². The van der Waals surface area contributed by atoms with Gasteiger partial charge < -0.3 is 9.84 Å². The molecule has 2 nitrogen and oxygen atoms in total. The predicted octanol–water partition coefficient (Wildman–Crippen LogP) is 3.24. The first-order chi connectivity index (χ1) is 9.88. The van der Waals surface area contributed by atoms with Gasteiger partial charge in [-0.05, 0) is 29.1 Å². The van der Waals surface area contributed by atoms with Crippen LogP contribution in [-0.2, 0) is 17.8 Å². The van der Waals surface area contributed by atoms with E-state index in [4.69, 9.17) is 9.84 Å². The zero-order valence-corrected chi connectivity index (χ0v) is 12.2. The standard InChI is InChI=1S/C17H18O2S/c18-10-2-1-5-15-6-3-7-16(13-15)14-19-11-9-17-8-4-12-20-17/h3-4,6-8,12-13,18H,2,9-11,14H2. The third kappa shape index (κ3) is 5.18. The number of ether oxygens (including phenoxy) is 1. The summed E-state index contributed by atoms with van der Waals surface area (Å²) < 4.78 is 5.69. The van der Waals surface area contributed by atoms with E-state index in [0.29, 0.717) is 13.0 Å². The van der Waals surface area contributed by atoms with E-state index in [2.05, 4.69) is 29.4 Å². The van der Waals surface area contributed by atoms with Gasteiger partial charge in [0.15, 0.2) is 0 Å². The van der Waals surface area contributed by atoms with E-state index in [1.54, 1.807) is 11.3 Å². The summed E-state index contributed by atoms with van der Waals surface area (Å²) in [5, 5.41) is 10.8. The van der Waals surface area contributed by atoms with Crippen molar-refractivity contribution in [1.82, 2.24) is 0 Å². The molecule has 0 radical (unpaired) electrons. The molecule has 1 N–H and O–H groups in total. The van der Waals surface area contributed by atoms with Crippen LogP contribution in [0.15, 0.2) is 41.8 Å². The molecule has 3 heteroatoms. The fourth-order valence-electron chi connectivity index (χ4n) is 1.78. The van der Waals surface area contributed by atoms with Crippen molar-refractivity contribution in [2.75, 3.05) is 13.2 Å². The van der Waals surface area contributed by atoms with Crippen LogP contribution in [0.5, 0.6) is 0 Å². The lowest BCUT2D eigenvalue weighted by Gasteiger charge is -2.04. The van der Waals surface area contributed by atoms with Crippen LogP contribution in [0.25, 0.3) is 0 Å². The molecule has 0 unspecified atom stereocenters. The maximum Gasteiger partial charge on any atom is 0.0717 e. The lowest BCUT2D eigenvalue weighted by molar-refractivity contribution is 0.124. The monoisotopic (exact) mass is 286 g/mol. The Balaban J connectivity index is 1.78. The number of aliphatic hydroxyl groups excluding tert-OH is 1. The van der Waals surface area contributed by atoms with E-state index < -0.39 is 0 Å². The molecule has 0 atom stereocenters. The third-order valence-corrected chi connectivity index (χ3v) is 3.67. The minimum atomic E-state index is 0.110. The van der Waals surface area contributed by atoms with Gasteiger partial charge in [0.1, 0.15) is 0 Å². The van der Waals surface area contributed by atoms with Gasteiger partial charge in [0, 0.05) is 23.3 Å². The SMILES string of the molecule is OCCC#Cc1cccc(COCCc2cccs2)c1. The maximum atomic E-state index is 8.70. The fourth-order valence-corrected chi connectivity index (χ4v) is 2.47. The highest BCUT2D eigenvalue weighted by Crippen LogP contribution is 2.10. The molecule has 1 heterocycles. The summed E-state index contributed by atoms with van der Waals surface area (Å²) in [4.78, 5) is 1.36. The number of benzene rings is 1. The summed E-state index contributed by atoms with van der Waals surface area (Å²) in [6.07, 6.45) is 1.48. The Morgan fingerprint density at radius 3 is 2.95 bits per heavy atom. The maximum absolute atomic E-state index is 8.70. The van der Waals surface area contributed by atoms with Gasteiger partial charge in [-0.15, -0.1) is 11.3 Å². The predicted molar refractivity (Wildman–Crippen MR) is 82.7 cm³/mol. The second kappa shape index (κ2) is 8.55. The highest BCUT2D eigenvalue weighted by Gasteiger charge is 1.97. The van der Waals surface area contributed by atoms with E-state index in [1.807, 2.05) is 24.3 Å². The van der Waals surface area contributed by atoms with Crippen LogP contribution in [0, 0.1) is 11.8 Å². The van der Waals surface area contributed by atoms with Crippen molar-refractivity contribution in [3.8, 4) is 11.8 Å². The second-order valence-electron chi connectivity index (χ2n) is 4.36. The van der Waals surface area contributed by atoms with Crippen LogP contribution in [0.2, 0.25) is 0 Å². The van der Waals surface area contributed by atoms with Crippen LogP contribution in [0.3, 0.4) is 0 Å². The van der Waals surface area contributed by atoms with Gasteiger partial charge in [-0.3, -0.25) is 0 Å². The molecule has 0 fully saturated rings. The number of rotatable bonds is 6. The Labute approximate surface area is 124 Å². The quantitative estimate of drug-likeness (QED) is 0.652. The molecular formula is C17H18O2S. The van der Waals surface area contributed by atoms with E-state index in [-0.39, 0.29) is 6.61 Å². The molecule has 0 aliphatic rings. The molecule has 2 rings (SSSR count). The number of hydrogen-bond acceptors (Lipinski definition) is 3. The fraction of sp³-hybridized carbons (Fsp3) is 0.294. The Morgan fingerprint density at radius 2 is 2.15 bits per heavy atom. The van der Waals surface area contributed by atoms with Crippen molar-refractivity contribution < 1.29 is 9.84 Å². The first-order valence-corrected chi connectivity index (χ1v) is 7.55. The van der Waals surface area contributed by atoms with Crippen molar-refractivity contribution >= 4 is 11.3 Å². The molecular weight excluding hydrogens is 268 g/mol. The minimum Gasteiger partial charge on any atom is -0.395 e. The smallest absolute Gasteiger partial charge is 0.0717 e. The zero-order valence-electron chi connectivity index (χ0n) is 11.3. The van der Waals surface area contributed by atoms with E-state index in [9.17, 15) is 0 Å². The largest absolute Gasteiger partial charge is 0.395 e. The molecule has 0 amide bonds. The molecule has 1 aromatic heterocycles. The molecule has 0 saturated heterocycles. The van der Waals surface area contributed by atoms with Crippen molar-refractivity contribution in [3.63, 3.8) is 0 Å². The summed E-state index contributed by atoms with van der Waals surface area (Å²) in [5.41, 5.74) is 2.10. The van der Waals surface area contributed by atoms with Gasteiger partial charge in [0.2, 0.25) is 0 Å². The summed E-state index contributed by atoms with van der Waals surface area (Å²) in [7, 11) is 0. The Bertz CT molecular complexity index is 564. The zero-order chi connectivity index (χ0) is 14.0. The van der Waals surface area contributed by atoms with Gasteiger partial charge in [-0.2, -0.15) is 0 Å². The highest BCUT2D eigenvalue weighted by molar-refractivity contribution is 7.09. The molecule has 0 spiro atoms. The molecule has 2 aromatic rings. The van der Waals surface area contributed by atoms with Gasteiger partial charge in [-0.1, -0.05) is 30.0 Å². The van der Waals surface area contributed by atoms with Gasteiger partial charge in [0.25, 0.3) is 0 Å². The number of hydrogen-bond donors (Lipinski definition) is 1. The topological polar surface area (TPSA) is 29.5 Å². The second-order valence-corrected chi connectivity index (χ2v) is 5.39. The summed E-state index contributed by atoms with van der Waals surface area (Å²) >= 11 is 1.76. The highest BCUT2D eigenvalue weighted by atomic mass is 32.1. The minimum absolute atomic E-state index is 0.110. The number of aliphatic hydroxyl groups is 1. The first-order valence-electron chi connectivity index (χ1n) is 6.67. The summed E-state index contributed by atoms with van der Waals surface area (Å²) in [5.74, 6) is 5.96. The Hall–Kier alpha value is -1.60. The molecule has 1 aromatic carbocycles. The average molecular weight is 286 g/mol. The average Bonchev–Trinajstić information content (AvgIpc) is 2.98. The van der Waals surface area contributed by atoms with E-state index in [0.717, 1.165) is 24.2 Å². The Morgan fingerprint density at radius 1 is 1.20 bits per heavy atom. The molecule has 20 heavy (non-hydrogen) atoms. The lowest BCUT2D eigenvalue weighted by Crippen LogP contribution is -1.98. The molecule has 0 bridgehead atoms. The van der Waals surface area contributed by atoms with Crippen LogP contribution >= 0.6 is 11.3 Å². The van der Waals surface area contributed by atoms with Gasteiger partial charge in [0.05, 0.1) is 19.8 Å². The van der Waals surface area contributed by atoms with E-state index >= 15 is 0 Å². The Kier molecular flexibility index (Phi) is 6.33. The summed E-state index contributed by atoms with van der Waals surface area (Å²) in [6, 6.07) is 12.2. The number of thiophene rings is 1. The van der Waals surface area contributed by atoms with E-state index in [1.165, 1.54) is 4.88 Å². The molecule has 0 aliphatic heterocycles. The van der Waals surface area contributed by atoms with Crippen molar-refractivity contribution in [2.45, 2.75) is 19.4 Å². The third-order valence-electron chi connectivity index (χ3n) is 2.74. The van der Waals surface area contributed by atoms with Crippen LogP contribution in [0.4, 0.5) is 0 Å². The van der Waals surface area contributed by atoms with Crippen LogP contribution < -0.4 is 0 Å². The van der Waals surface area contributed by atoms with Crippen molar-refractivity contribution in [3.05, 3.63) is 57.8 Å². The summed E-state index contributed by atoms with van der Waals surface area (Å²) in [6.45, 7) is 1.46. The normalized spacial score (nSPS) is 10.1. The van der Waals surface area contributed by atoms with Gasteiger partial charge in [-0.25, -0.2) is 0 Å². The lowest BCUT2D eigenvalue weighted by atomic mass is 10.1. The van der Waals surface area contributed by atoms with Crippen molar-refractivity contribution in [1.29, 1.82) is 0 Å². The van der Waals surface area contributed by atoms with Crippen LogP contribution in [-0.4, -0.2) is 18.3 Å². The molecule has 0 aliphatic carbocycles. The molecule has 0 saturated carbocycles. The first kappa shape index (κ1) is 14.8. The van der Waals surface area contributed by atoms with Crippen molar-refractivity contribution in [2.24, 2.45) is 0 Å². The van der Waals surface area contributed by atoms with Crippen LogP contribution in [0.1, 0.15) is 22.4 Å². The molecule has 104 valence electrons.